The predicted octanol–water partition coefficient (Wildman–Crippen LogP) is -0.230. The Hall–Kier alpha value is -0.920. The topological polar surface area (TPSA) is 78.1 Å². The van der Waals surface area contributed by atoms with Gasteiger partial charge in [-0.25, -0.2) is 12.7 Å². The van der Waals surface area contributed by atoms with Crippen molar-refractivity contribution in [3.63, 3.8) is 0 Å². The number of aromatic amines is 1. The summed E-state index contributed by atoms with van der Waals surface area (Å²) in [7, 11) is -0.433. The van der Waals surface area contributed by atoms with Crippen LogP contribution in [0.25, 0.3) is 0 Å². The third-order valence-corrected chi connectivity index (χ3v) is 3.81. The van der Waals surface area contributed by atoms with Crippen LogP contribution < -0.4 is 5.32 Å². The van der Waals surface area contributed by atoms with E-state index in [4.69, 9.17) is 0 Å². The molecule has 0 aliphatic heterocycles. The van der Waals surface area contributed by atoms with E-state index in [-0.39, 0.29) is 5.03 Å². The van der Waals surface area contributed by atoms with Crippen molar-refractivity contribution in [2.75, 3.05) is 20.6 Å². The van der Waals surface area contributed by atoms with E-state index in [1.165, 1.54) is 20.3 Å². The molecule has 1 heterocycles. The fourth-order valence-electron chi connectivity index (χ4n) is 1.09. The molecule has 0 amide bonds. The summed E-state index contributed by atoms with van der Waals surface area (Å²) in [4.78, 5) is 0. The number of hydrogen-bond acceptors (Lipinski definition) is 4. The Morgan fingerprint density at radius 1 is 1.53 bits per heavy atom. The Labute approximate surface area is 89.7 Å². The van der Waals surface area contributed by atoms with Crippen molar-refractivity contribution < 1.29 is 8.42 Å². The van der Waals surface area contributed by atoms with Crippen LogP contribution in [0.1, 0.15) is 12.5 Å². The van der Waals surface area contributed by atoms with Gasteiger partial charge in [0.15, 0.2) is 5.03 Å². The summed E-state index contributed by atoms with van der Waals surface area (Å²) in [6, 6.07) is 0. The van der Waals surface area contributed by atoms with Crippen molar-refractivity contribution in [1.82, 2.24) is 19.8 Å². The third kappa shape index (κ3) is 2.55. The fraction of sp³-hybridized carbons (Fsp3) is 0.625. The van der Waals surface area contributed by atoms with Gasteiger partial charge in [0.2, 0.25) is 0 Å². The first kappa shape index (κ1) is 12.2. The molecule has 1 aromatic heterocycles. The van der Waals surface area contributed by atoms with Crippen molar-refractivity contribution in [2.45, 2.75) is 18.5 Å². The molecular formula is C8H16N4O2S. The molecule has 2 N–H and O–H groups in total. The van der Waals surface area contributed by atoms with Crippen LogP contribution in [-0.2, 0) is 16.6 Å². The standard InChI is InChI=1S/C8H16N4O2S/c1-4-9-5-7-6-10-11-8(7)15(13,14)12(2)3/h6,9H,4-5H2,1-3H3,(H,10,11). The zero-order valence-corrected chi connectivity index (χ0v) is 9.93. The molecule has 0 unspecified atom stereocenters. The summed E-state index contributed by atoms with van der Waals surface area (Å²) >= 11 is 0. The summed E-state index contributed by atoms with van der Waals surface area (Å²) in [6.45, 7) is 3.24. The maximum absolute atomic E-state index is 11.8. The molecule has 0 atom stereocenters. The molecule has 0 fully saturated rings. The molecular weight excluding hydrogens is 216 g/mol. The van der Waals surface area contributed by atoms with Crippen molar-refractivity contribution in [3.8, 4) is 0 Å². The van der Waals surface area contributed by atoms with Crippen LogP contribution in [0.2, 0.25) is 0 Å². The first-order valence-electron chi connectivity index (χ1n) is 4.65. The van der Waals surface area contributed by atoms with E-state index in [1.807, 2.05) is 6.92 Å². The molecule has 1 aromatic rings. The van der Waals surface area contributed by atoms with E-state index < -0.39 is 10.0 Å². The number of rotatable bonds is 5. The largest absolute Gasteiger partial charge is 0.313 e. The van der Waals surface area contributed by atoms with Gasteiger partial charge in [0.25, 0.3) is 10.0 Å². The van der Waals surface area contributed by atoms with Crippen LogP contribution in [0.3, 0.4) is 0 Å². The van der Waals surface area contributed by atoms with Gasteiger partial charge in [-0.15, -0.1) is 0 Å². The second kappa shape index (κ2) is 4.73. The van der Waals surface area contributed by atoms with E-state index in [9.17, 15) is 8.42 Å². The summed E-state index contributed by atoms with van der Waals surface area (Å²) in [5.74, 6) is 0. The number of nitrogens with zero attached hydrogens (tertiary/aromatic N) is 2. The van der Waals surface area contributed by atoms with Crippen LogP contribution in [0.4, 0.5) is 0 Å². The van der Waals surface area contributed by atoms with Gasteiger partial charge in [-0.1, -0.05) is 6.92 Å². The third-order valence-electron chi connectivity index (χ3n) is 1.98. The Balaban J connectivity index is 3.00. The number of hydrogen-bond donors (Lipinski definition) is 2. The Morgan fingerprint density at radius 2 is 2.20 bits per heavy atom. The SMILES string of the molecule is CCNCc1cn[nH]c1S(=O)(=O)N(C)C. The smallest absolute Gasteiger partial charge is 0.259 e. The molecule has 6 nitrogen and oxygen atoms in total. The van der Waals surface area contributed by atoms with Crippen LogP contribution >= 0.6 is 0 Å². The van der Waals surface area contributed by atoms with E-state index >= 15 is 0 Å². The molecule has 15 heavy (non-hydrogen) atoms. The van der Waals surface area contributed by atoms with Crippen LogP contribution in [0, 0.1) is 0 Å². The molecule has 0 saturated heterocycles. The lowest BCUT2D eigenvalue weighted by atomic mass is 10.3. The van der Waals surface area contributed by atoms with Gasteiger partial charge >= 0.3 is 0 Å². The first-order valence-corrected chi connectivity index (χ1v) is 6.09. The molecule has 86 valence electrons. The molecule has 0 bridgehead atoms. The molecule has 0 aliphatic carbocycles. The molecule has 7 heteroatoms. The van der Waals surface area contributed by atoms with Gasteiger partial charge in [0, 0.05) is 26.2 Å². The Bertz CT molecular complexity index is 410. The molecule has 0 aromatic carbocycles. The molecule has 0 spiro atoms. The molecule has 0 aliphatic rings. The van der Waals surface area contributed by atoms with Crippen LogP contribution in [0.15, 0.2) is 11.2 Å². The summed E-state index contributed by atoms with van der Waals surface area (Å²) < 4.78 is 24.8. The predicted molar refractivity (Wildman–Crippen MR) is 56.8 cm³/mol. The van der Waals surface area contributed by atoms with Gasteiger partial charge in [0.1, 0.15) is 0 Å². The van der Waals surface area contributed by atoms with Crippen molar-refractivity contribution in [2.24, 2.45) is 0 Å². The maximum atomic E-state index is 11.8. The number of aromatic nitrogens is 2. The van der Waals surface area contributed by atoms with E-state index in [1.54, 1.807) is 0 Å². The molecule has 0 radical (unpaired) electrons. The Kier molecular flexibility index (Phi) is 3.83. The summed E-state index contributed by atoms with van der Waals surface area (Å²) in [5, 5.41) is 9.49. The van der Waals surface area contributed by atoms with Gasteiger partial charge in [-0.05, 0) is 6.54 Å². The second-order valence-corrected chi connectivity index (χ2v) is 5.38. The Morgan fingerprint density at radius 3 is 2.73 bits per heavy atom. The summed E-state index contributed by atoms with van der Waals surface area (Å²) in [6.07, 6.45) is 1.53. The molecule has 1 rings (SSSR count). The second-order valence-electron chi connectivity index (χ2n) is 3.29. The number of sulfonamides is 1. The van der Waals surface area contributed by atoms with Crippen molar-refractivity contribution in [3.05, 3.63) is 11.8 Å². The fourth-order valence-corrected chi connectivity index (χ4v) is 2.08. The average Bonchev–Trinajstić information content (AvgIpc) is 2.62. The van der Waals surface area contributed by atoms with E-state index in [0.29, 0.717) is 12.1 Å². The monoisotopic (exact) mass is 232 g/mol. The zero-order chi connectivity index (χ0) is 11.5. The highest BCUT2D eigenvalue weighted by atomic mass is 32.2. The van der Waals surface area contributed by atoms with E-state index in [0.717, 1.165) is 10.8 Å². The lowest BCUT2D eigenvalue weighted by molar-refractivity contribution is 0.514. The maximum Gasteiger partial charge on any atom is 0.259 e. The lowest BCUT2D eigenvalue weighted by Gasteiger charge is -2.11. The number of H-pyrrole nitrogens is 1. The highest BCUT2D eigenvalue weighted by Gasteiger charge is 2.22. The minimum atomic E-state index is -3.42. The minimum absolute atomic E-state index is 0.161. The van der Waals surface area contributed by atoms with Crippen molar-refractivity contribution in [1.29, 1.82) is 0 Å². The normalized spacial score (nSPS) is 12.3. The quantitative estimate of drug-likeness (QED) is 0.735. The van der Waals surface area contributed by atoms with Gasteiger partial charge in [-0.2, -0.15) is 5.10 Å². The zero-order valence-electron chi connectivity index (χ0n) is 9.11. The summed E-state index contributed by atoms with van der Waals surface area (Å²) in [5.41, 5.74) is 0.658. The van der Waals surface area contributed by atoms with Crippen molar-refractivity contribution >= 4 is 10.0 Å². The highest BCUT2D eigenvalue weighted by molar-refractivity contribution is 7.89. The van der Waals surface area contributed by atoms with Crippen LogP contribution in [0.5, 0.6) is 0 Å². The van der Waals surface area contributed by atoms with E-state index in [2.05, 4.69) is 15.5 Å². The highest BCUT2D eigenvalue weighted by Crippen LogP contribution is 2.14. The minimum Gasteiger partial charge on any atom is -0.313 e. The van der Waals surface area contributed by atoms with Crippen LogP contribution in [-0.4, -0.2) is 43.6 Å². The van der Waals surface area contributed by atoms with Gasteiger partial charge in [-0.3, -0.25) is 5.10 Å². The lowest BCUT2D eigenvalue weighted by Crippen LogP contribution is -2.24. The molecule has 0 saturated carbocycles. The first-order chi connectivity index (χ1) is 7.00. The average molecular weight is 232 g/mol. The van der Waals surface area contributed by atoms with Gasteiger partial charge in [0.05, 0.1) is 6.20 Å². The van der Waals surface area contributed by atoms with Gasteiger partial charge < -0.3 is 5.32 Å². The number of nitrogens with one attached hydrogen (secondary N) is 2.